The first-order valence-corrected chi connectivity index (χ1v) is 16.4. The van der Waals surface area contributed by atoms with Crippen molar-refractivity contribution in [2.45, 2.75) is 65.2 Å². The van der Waals surface area contributed by atoms with Gasteiger partial charge in [-0.2, -0.15) is 0 Å². The number of aryl methyl sites for hydroxylation is 1. The number of rotatable bonds is 10. The van der Waals surface area contributed by atoms with Crippen LogP contribution in [0.3, 0.4) is 0 Å². The van der Waals surface area contributed by atoms with Gasteiger partial charge < -0.3 is 5.32 Å². The van der Waals surface area contributed by atoms with Gasteiger partial charge in [-0.3, -0.25) is 9.59 Å². The van der Waals surface area contributed by atoms with Gasteiger partial charge in [-0.1, -0.05) is 130 Å². The first-order chi connectivity index (χ1) is 22.0. The third kappa shape index (κ3) is 8.02. The zero-order valence-corrected chi connectivity index (χ0v) is 28.1. The summed E-state index contributed by atoms with van der Waals surface area (Å²) in [6.07, 6.45) is 1.86. The summed E-state index contributed by atoms with van der Waals surface area (Å²) in [6, 6.07) is 38.5. The molecule has 3 nitrogen and oxygen atoms in total. The van der Waals surface area contributed by atoms with Crippen molar-refractivity contribution in [2.24, 2.45) is 0 Å². The molecule has 0 radical (unpaired) electrons. The summed E-state index contributed by atoms with van der Waals surface area (Å²) in [5.74, 6) is -0.358. The summed E-state index contributed by atoms with van der Waals surface area (Å²) in [5, 5.41) is 3.87. The van der Waals surface area contributed by atoms with Crippen LogP contribution in [0.2, 0.25) is 5.02 Å². The molecular formula is C42H42ClNO2. The van der Waals surface area contributed by atoms with Gasteiger partial charge in [0, 0.05) is 22.7 Å². The highest BCUT2D eigenvalue weighted by Gasteiger charge is 2.22. The van der Waals surface area contributed by atoms with Crippen LogP contribution in [0.5, 0.6) is 0 Å². The topological polar surface area (TPSA) is 46.2 Å². The summed E-state index contributed by atoms with van der Waals surface area (Å²) in [4.78, 5) is 26.3. The third-order valence-corrected chi connectivity index (χ3v) is 8.79. The molecule has 0 spiro atoms. The number of benzene rings is 5. The Morgan fingerprint density at radius 3 is 1.89 bits per heavy atom. The number of hydrogen-bond donors (Lipinski definition) is 1. The highest BCUT2D eigenvalue weighted by atomic mass is 35.5. The van der Waals surface area contributed by atoms with Gasteiger partial charge in [-0.05, 0) is 94.0 Å². The summed E-state index contributed by atoms with van der Waals surface area (Å²) in [5.41, 5.74) is 10.3. The van der Waals surface area contributed by atoms with Gasteiger partial charge in [0.05, 0.1) is 5.92 Å². The van der Waals surface area contributed by atoms with Crippen LogP contribution in [0.4, 0.5) is 5.69 Å². The predicted octanol–water partition coefficient (Wildman–Crippen LogP) is 11.2. The molecule has 0 fully saturated rings. The molecule has 0 aromatic heterocycles. The van der Waals surface area contributed by atoms with Crippen LogP contribution in [0.1, 0.15) is 79.1 Å². The molecule has 0 heterocycles. The molecule has 0 aliphatic heterocycles. The summed E-state index contributed by atoms with van der Waals surface area (Å²) in [6.45, 7) is 10.7. The maximum atomic E-state index is 13.9. The molecule has 0 saturated carbocycles. The molecular weight excluding hydrogens is 586 g/mol. The van der Waals surface area contributed by atoms with E-state index in [1.807, 2.05) is 80.6 Å². The summed E-state index contributed by atoms with van der Waals surface area (Å²) >= 11 is 6.16. The Hall–Kier alpha value is -4.47. The molecule has 4 heteroatoms. The molecule has 0 bridgehead atoms. The smallest absolute Gasteiger partial charge is 0.232 e. The van der Waals surface area contributed by atoms with Crippen molar-refractivity contribution in [1.29, 1.82) is 0 Å². The molecule has 1 amide bonds. The van der Waals surface area contributed by atoms with E-state index in [1.165, 1.54) is 5.56 Å². The van der Waals surface area contributed by atoms with Crippen molar-refractivity contribution >= 4 is 29.0 Å². The van der Waals surface area contributed by atoms with Gasteiger partial charge >= 0.3 is 0 Å². The number of amides is 1. The van der Waals surface area contributed by atoms with Crippen LogP contribution in [0.25, 0.3) is 22.3 Å². The van der Waals surface area contributed by atoms with E-state index in [0.717, 1.165) is 51.1 Å². The fraction of sp³-hybridized carbons (Fsp3) is 0.238. The summed E-state index contributed by atoms with van der Waals surface area (Å²) in [7, 11) is 0. The zero-order valence-electron chi connectivity index (χ0n) is 27.4. The second-order valence-corrected chi connectivity index (χ2v) is 13.5. The average Bonchev–Trinajstić information content (AvgIpc) is 3.04. The fourth-order valence-electron chi connectivity index (χ4n) is 5.78. The van der Waals surface area contributed by atoms with Crippen LogP contribution in [0, 0.1) is 6.92 Å². The molecule has 5 rings (SSSR count). The van der Waals surface area contributed by atoms with Gasteiger partial charge in [-0.25, -0.2) is 0 Å². The molecule has 0 unspecified atom stereocenters. The minimum Gasteiger partial charge on any atom is -0.326 e. The van der Waals surface area contributed by atoms with E-state index < -0.39 is 5.92 Å². The first-order valence-electron chi connectivity index (χ1n) is 16.0. The first kappa shape index (κ1) is 32.9. The van der Waals surface area contributed by atoms with Crippen molar-refractivity contribution in [3.63, 3.8) is 0 Å². The van der Waals surface area contributed by atoms with Gasteiger partial charge in [-0.15, -0.1) is 0 Å². The lowest BCUT2D eigenvalue weighted by molar-refractivity contribution is -0.117. The second kappa shape index (κ2) is 14.3. The standard InChI is InChI=1S/C42H42ClNO2/c1-6-7-40(45)34-10-8-29(9-11-34)27-39(33-14-12-30(13-15-33)31-16-20-35(21-17-31)42(3,4)5)41(46)44-37-23-18-32(19-24-37)38-25-22-36(43)26-28(38)2/h8-26,39H,6-7,27H2,1-5H3,(H,44,46)/t39-/m0/s1. The molecule has 46 heavy (non-hydrogen) atoms. The normalized spacial score (nSPS) is 12.0. The van der Waals surface area contributed by atoms with Gasteiger partial charge in [0.1, 0.15) is 0 Å². The van der Waals surface area contributed by atoms with E-state index in [2.05, 4.69) is 74.6 Å². The number of anilines is 1. The lowest BCUT2D eigenvalue weighted by Gasteiger charge is -2.20. The van der Waals surface area contributed by atoms with Crippen molar-refractivity contribution in [1.82, 2.24) is 0 Å². The van der Waals surface area contributed by atoms with Gasteiger partial charge in [0.15, 0.2) is 5.78 Å². The van der Waals surface area contributed by atoms with E-state index in [-0.39, 0.29) is 17.1 Å². The molecule has 1 atom stereocenters. The zero-order chi connectivity index (χ0) is 32.8. The molecule has 0 saturated heterocycles. The molecule has 5 aromatic rings. The van der Waals surface area contributed by atoms with Crippen molar-refractivity contribution in [3.8, 4) is 22.3 Å². The molecule has 234 valence electrons. The highest BCUT2D eigenvalue weighted by Crippen LogP contribution is 2.31. The second-order valence-electron chi connectivity index (χ2n) is 13.1. The number of nitrogens with one attached hydrogen (secondary N) is 1. The third-order valence-electron chi connectivity index (χ3n) is 8.56. The van der Waals surface area contributed by atoms with Gasteiger partial charge in [0.25, 0.3) is 0 Å². The van der Waals surface area contributed by atoms with E-state index >= 15 is 0 Å². The Bertz CT molecular complexity index is 1800. The van der Waals surface area contributed by atoms with Crippen LogP contribution in [-0.4, -0.2) is 11.7 Å². The Morgan fingerprint density at radius 1 is 0.739 bits per heavy atom. The Kier molecular flexibility index (Phi) is 10.2. The number of halogens is 1. The maximum Gasteiger partial charge on any atom is 0.232 e. The van der Waals surface area contributed by atoms with Crippen LogP contribution >= 0.6 is 11.6 Å². The predicted molar refractivity (Wildman–Crippen MR) is 193 cm³/mol. The Morgan fingerprint density at radius 2 is 1.33 bits per heavy atom. The fourth-order valence-corrected chi connectivity index (χ4v) is 6.01. The maximum absolute atomic E-state index is 13.9. The number of ketones is 1. The monoisotopic (exact) mass is 627 g/mol. The largest absolute Gasteiger partial charge is 0.326 e. The van der Waals surface area contributed by atoms with E-state index in [9.17, 15) is 9.59 Å². The average molecular weight is 628 g/mol. The van der Waals surface area contributed by atoms with E-state index in [0.29, 0.717) is 23.4 Å². The van der Waals surface area contributed by atoms with E-state index in [4.69, 9.17) is 11.6 Å². The van der Waals surface area contributed by atoms with Crippen molar-refractivity contribution < 1.29 is 9.59 Å². The Labute approximate surface area is 278 Å². The lowest BCUT2D eigenvalue weighted by atomic mass is 9.86. The minimum atomic E-state index is -0.423. The SMILES string of the molecule is CCCC(=O)c1ccc(C[C@H](C(=O)Nc2ccc(-c3ccc(Cl)cc3C)cc2)c2ccc(-c3ccc(C(C)(C)C)cc3)cc2)cc1. The molecule has 5 aromatic carbocycles. The quantitative estimate of drug-likeness (QED) is 0.157. The van der Waals surface area contributed by atoms with Crippen LogP contribution in [0.15, 0.2) is 115 Å². The number of carbonyl (C=O) groups excluding carboxylic acids is 2. The van der Waals surface area contributed by atoms with Gasteiger partial charge in [0.2, 0.25) is 5.91 Å². The Balaban J connectivity index is 1.39. The number of carbonyl (C=O) groups is 2. The molecule has 0 aliphatic rings. The number of Topliss-reactive ketones (excluding diaryl/α,β-unsaturated/α-hetero) is 1. The lowest BCUT2D eigenvalue weighted by Crippen LogP contribution is -2.23. The molecule has 0 aliphatic carbocycles. The van der Waals surface area contributed by atoms with E-state index in [1.54, 1.807) is 0 Å². The van der Waals surface area contributed by atoms with Crippen molar-refractivity contribution in [3.05, 3.63) is 148 Å². The molecule has 1 N–H and O–H groups in total. The van der Waals surface area contributed by atoms with Crippen LogP contribution in [-0.2, 0) is 16.6 Å². The van der Waals surface area contributed by atoms with Crippen molar-refractivity contribution in [2.75, 3.05) is 5.32 Å². The number of hydrogen-bond acceptors (Lipinski definition) is 2. The highest BCUT2D eigenvalue weighted by molar-refractivity contribution is 6.30. The van der Waals surface area contributed by atoms with Crippen LogP contribution < -0.4 is 5.32 Å². The minimum absolute atomic E-state index is 0.0798. The summed E-state index contributed by atoms with van der Waals surface area (Å²) < 4.78 is 0.